The van der Waals surface area contributed by atoms with E-state index in [-0.39, 0.29) is 33.7 Å². The van der Waals surface area contributed by atoms with E-state index in [0.717, 1.165) is 6.42 Å². The Morgan fingerprint density at radius 2 is 2.25 bits per heavy atom. The SMILES string of the molecule is Cc1cc(NC(=O)COC(=O)C2C3CC4C(OC(=O)C42)C3I)no1. The maximum absolute atomic E-state index is 12.4. The molecule has 0 aromatic carbocycles. The van der Waals surface area contributed by atoms with Crippen LogP contribution in [0, 0.1) is 30.6 Å². The highest BCUT2D eigenvalue weighted by Crippen LogP contribution is 2.60. The minimum absolute atomic E-state index is 0.0733. The molecule has 0 radical (unpaired) electrons. The number of carbonyl (C=O) groups excluding carboxylic acids is 3. The molecule has 1 aromatic heterocycles. The van der Waals surface area contributed by atoms with Crippen LogP contribution in [-0.4, -0.2) is 39.6 Å². The van der Waals surface area contributed by atoms with Crippen molar-refractivity contribution in [2.45, 2.75) is 23.4 Å². The van der Waals surface area contributed by atoms with Crippen molar-refractivity contribution >= 4 is 46.3 Å². The zero-order chi connectivity index (χ0) is 17.0. The van der Waals surface area contributed by atoms with E-state index in [1.807, 2.05) is 0 Å². The molecule has 8 nitrogen and oxygen atoms in total. The van der Waals surface area contributed by atoms with Crippen LogP contribution in [0.25, 0.3) is 0 Å². The Bertz CT molecular complexity index is 719. The van der Waals surface area contributed by atoms with Gasteiger partial charge in [-0.25, -0.2) is 0 Å². The van der Waals surface area contributed by atoms with Gasteiger partial charge in [-0.05, 0) is 19.3 Å². The molecule has 1 amide bonds. The minimum Gasteiger partial charge on any atom is -0.461 e. The average Bonchev–Trinajstić information content (AvgIpc) is 3.24. The zero-order valence-electron chi connectivity index (χ0n) is 12.7. The highest BCUT2D eigenvalue weighted by Gasteiger charge is 2.68. The largest absolute Gasteiger partial charge is 0.461 e. The lowest BCUT2D eigenvalue weighted by Gasteiger charge is -2.26. The van der Waals surface area contributed by atoms with E-state index < -0.39 is 30.3 Å². The first-order valence-electron chi connectivity index (χ1n) is 7.70. The van der Waals surface area contributed by atoms with Crippen LogP contribution in [0.4, 0.5) is 5.82 Å². The molecule has 9 heteroatoms. The third-order valence-corrected chi connectivity index (χ3v) is 6.67. The number of hydrogen-bond acceptors (Lipinski definition) is 7. The predicted molar refractivity (Wildman–Crippen MR) is 87.1 cm³/mol. The fourth-order valence-electron chi connectivity index (χ4n) is 4.13. The Morgan fingerprint density at radius 1 is 1.46 bits per heavy atom. The number of halogens is 1. The molecule has 0 spiro atoms. The molecule has 1 saturated heterocycles. The van der Waals surface area contributed by atoms with Crippen molar-refractivity contribution in [2.75, 3.05) is 11.9 Å². The number of nitrogens with one attached hydrogen (secondary N) is 1. The van der Waals surface area contributed by atoms with E-state index in [9.17, 15) is 14.4 Å². The van der Waals surface area contributed by atoms with Crippen molar-refractivity contribution in [3.63, 3.8) is 0 Å². The Hall–Kier alpha value is -1.65. The summed E-state index contributed by atoms with van der Waals surface area (Å²) in [5.41, 5.74) is 0. The number of aryl methyl sites for hydroxylation is 1. The summed E-state index contributed by atoms with van der Waals surface area (Å²) in [7, 11) is 0. The van der Waals surface area contributed by atoms with Crippen LogP contribution >= 0.6 is 22.6 Å². The van der Waals surface area contributed by atoms with Crippen LogP contribution in [0.1, 0.15) is 12.2 Å². The van der Waals surface area contributed by atoms with Crippen molar-refractivity contribution in [1.29, 1.82) is 0 Å². The van der Waals surface area contributed by atoms with Crippen molar-refractivity contribution in [3.8, 4) is 0 Å². The number of nitrogens with zero attached hydrogens (tertiary/aromatic N) is 1. The molecule has 2 aliphatic carbocycles. The summed E-state index contributed by atoms with van der Waals surface area (Å²) in [6.07, 6.45) is 0.731. The number of rotatable bonds is 4. The van der Waals surface area contributed by atoms with Crippen molar-refractivity contribution < 1.29 is 28.4 Å². The van der Waals surface area contributed by atoms with Gasteiger partial charge < -0.3 is 19.3 Å². The molecule has 1 aromatic rings. The lowest BCUT2D eigenvalue weighted by molar-refractivity contribution is -0.157. The summed E-state index contributed by atoms with van der Waals surface area (Å²) in [5, 5.41) is 6.11. The number of alkyl halides is 1. The molecule has 2 bridgehead atoms. The maximum atomic E-state index is 12.4. The summed E-state index contributed by atoms with van der Waals surface area (Å²) < 4.78 is 15.5. The fraction of sp³-hybridized carbons (Fsp3) is 0.600. The molecule has 1 aliphatic heterocycles. The quantitative estimate of drug-likeness (QED) is 0.419. The minimum atomic E-state index is -0.509. The van der Waals surface area contributed by atoms with Gasteiger partial charge in [0.15, 0.2) is 12.4 Å². The Kier molecular flexibility index (Phi) is 3.77. The molecule has 6 atom stereocenters. The van der Waals surface area contributed by atoms with Gasteiger partial charge in [0.1, 0.15) is 11.9 Å². The summed E-state index contributed by atoms with van der Waals surface area (Å²) in [5.74, 6) is -1.23. The van der Waals surface area contributed by atoms with Crippen LogP contribution in [0.3, 0.4) is 0 Å². The number of ether oxygens (including phenoxy) is 2. The van der Waals surface area contributed by atoms with Crippen LogP contribution in [-0.2, 0) is 23.9 Å². The first-order valence-corrected chi connectivity index (χ1v) is 8.94. The molecule has 128 valence electrons. The van der Waals surface area contributed by atoms with E-state index in [4.69, 9.17) is 14.0 Å². The van der Waals surface area contributed by atoms with Gasteiger partial charge in [0.05, 0.1) is 15.8 Å². The number of fused-ring (bicyclic) bond motifs is 1. The number of anilines is 1. The summed E-state index contributed by atoms with van der Waals surface area (Å²) >= 11 is 2.25. The smallest absolute Gasteiger partial charge is 0.310 e. The lowest BCUT2D eigenvalue weighted by Crippen LogP contribution is -2.39. The number of esters is 2. The monoisotopic (exact) mass is 446 g/mol. The molecule has 4 rings (SSSR count). The molecule has 3 aliphatic rings. The Morgan fingerprint density at radius 3 is 2.96 bits per heavy atom. The second kappa shape index (κ2) is 5.71. The maximum Gasteiger partial charge on any atom is 0.310 e. The third kappa shape index (κ3) is 2.40. The van der Waals surface area contributed by atoms with Gasteiger partial charge in [0.2, 0.25) is 0 Å². The molecule has 6 unspecified atom stereocenters. The second-order valence-corrected chi connectivity index (χ2v) is 7.88. The van der Waals surface area contributed by atoms with Crippen molar-refractivity contribution in [2.24, 2.45) is 23.7 Å². The first kappa shape index (κ1) is 15.9. The predicted octanol–water partition coefficient (Wildman–Crippen LogP) is 1.08. The summed E-state index contributed by atoms with van der Waals surface area (Å²) in [4.78, 5) is 36.3. The van der Waals surface area contributed by atoms with E-state index in [0.29, 0.717) is 5.76 Å². The Balaban J connectivity index is 1.37. The highest BCUT2D eigenvalue weighted by molar-refractivity contribution is 14.1. The number of aromatic nitrogens is 1. The second-order valence-electron chi connectivity index (χ2n) is 6.44. The van der Waals surface area contributed by atoms with Gasteiger partial charge in [-0.3, -0.25) is 14.4 Å². The van der Waals surface area contributed by atoms with E-state index in [1.165, 1.54) is 0 Å². The first-order chi connectivity index (χ1) is 11.5. The van der Waals surface area contributed by atoms with Gasteiger partial charge in [-0.2, -0.15) is 0 Å². The van der Waals surface area contributed by atoms with E-state index in [1.54, 1.807) is 13.0 Å². The zero-order valence-corrected chi connectivity index (χ0v) is 14.9. The number of hydrogen-bond donors (Lipinski definition) is 1. The van der Waals surface area contributed by atoms with Gasteiger partial charge in [0.25, 0.3) is 5.91 Å². The highest BCUT2D eigenvalue weighted by atomic mass is 127. The molecular formula is C15H15IN2O6. The van der Waals surface area contributed by atoms with Crippen LogP contribution in [0.15, 0.2) is 10.6 Å². The molecular weight excluding hydrogens is 431 g/mol. The van der Waals surface area contributed by atoms with Gasteiger partial charge in [-0.1, -0.05) is 27.7 Å². The molecule has 3 fully saturated rings. The van der Waals surface area contributed by atoms with Gasteiger partial charge in [-0.15, -0.1) is 0 Å². The molecule has 24 heavy (non-hydrogen) atoms. The summed E-state index contributed by atoms with van der Waals surface area (Å²) in [6, 6.07) is 1.56. The van der Waals surface area contributed by atoms with Crippen molar-refractivity contribution in [1.82, 2.24) is 5.16 Å². The molecule has 2 saturated carbocycles. The van der Waals surface area contributed by atoms with Gasteiger partial charge >= 0.3 is 11.9 Å². The molecule has 1 N–H and O–H groups in total. The third-order valence-electron chi connectivity index (χ3n) is 5.04. The van der Waals surface area contributed by atoms with Crippen LogP contribution in [0.2, 0.25) is 0 Å². The van der Waals surface area contributed by atoms with E-state index >= 15 is 0 Å². The average molecular weight is 446 g/mol. The molecule has 2 heterocycles. The standard InChI is InChI=1S/C15H15IN2O6/c1-5-2-8(18-24-5)17-9(19)4-22-14(20)10-6-3-7-11(10)15(21)23-13(7)12(6)16/h2,6-7,10-13H,3-4H2,1H3,(H,17,18,19). The van der Waals surface area contributed by atoms with E-state index in [2.05, 4.69) is 33.1 Å². The summed E-state index contributed by atoms with van der Waals surface area (Å²) in [6.45, 7) is 1.28. The van der Waals surface area contributed by atoms with Crippen LogP contribution < -0.4 is 5.32 Å². The van der Waals surface area contributed by atoms with Crippen molar-refractivity contribution in [3.05, 3.63) is 11.8 Å². The normalized spacial score (nSPS) is 35.8. The number of amides is 1. The topological polar surface area (TPSA) is 108 Å². The number of carbonyl (C=O) groups is 3. The van der Waals surface area contributed by atoms with Gasteiger partial charge in [0, 0.05) is 12.0 Å². The lowest BCUT2D eigenvalue weighted by atomic mass is 9.80. The Labute approximate surface area is 150 Å². The van der Waals surface area contributed by atoms with Crippen LogP contribution in [0.5, 0.6) is 0 Å². The fourth-order valence-corrected chi connectivity index (χ4v) is 5.55.